The van der Waals surface area contributed by atoms with E-state index in [2.05, 4.69) is 0 Å². The Morgan fingerprint density at radius 1 is 1.06 bits per heavy atom. The highest BCUT2D eigenvalue weighted by Gasteiger charge is 2.60. The topological polar surface area (TPSA) is 83.5 Å². The van der Waals surface area contributed by atoms with Crippen molar-refractivity contribution >= 4 is 17.5 Å². The molecule has 1 saturated heterocycles. The minimum Gasteiger partial charge on any atom is -0.462 e. The number of rotatable bonds is 9. The van der Waals surface area contributed by atoms with Gasteiger partial charge in [-0.2, -0.15) is 0 Å². The molecule has 7 nitrogen and oxygen atoms in total. The number of thioether (sulfide) groups is 1. The maximum atomic E-state index is 12.2. The van der Waals surface area contributed by atoms with Crippen LogP contribution in [-0.2, 0) is 41.7 Å². The van der Waals surface area contributed by atoms with Gasteiger partial charge in [-0.3, -0.25) is 4.79 Å². The number of carbonyl (C=O) groups is 1. The molecule has 0 aromatic heterocycles. The van der Waals surface area contributed by atoms with Gasteiger partial charge in [0, 0.05) is 7.11 Å². The average Bonchev–Trinajstić information content (AvgIpc) is 2.84. The van der Waals surface area contributed by atoms with Crippen LogP contribution in [0.5, 0.6) is 0 Å². The second-order valence-electron chi connectivity index (χ2n) is 8.35. The van der Waals surface area contributed by atoms with Gasteiger partial charge >= 0.3 is 0 Å². The third-order valence-electron chi connectivity index (χ3n) is 5.81. The largest absolute Gasteiger partial charge is 0.462 e. The van der Waals surface area contributed by atoms with Crippen LogP contribution in [0, 0.1) is 0 Å². The summed E-state index contributed by atoms with van der Waals surface area (Å²) in [6, 6.07) is 19.4. The van der Waals surface area contributed by atoms with Crippen molar-refractivity contribution in [3.05, 3.63) is 82.5 Å². The molecule has 8 heteroatoms. The number of hydrogen-bond acceptors (Lipinski definition) is 8. The fourth-order valence-electron chi connectivity index (χ4n) is 4.17. The maximum Gasteiger partial charge on any atom is 0.250 e. The lowest BCUT2D eigenvalue weighted by Crippen LogP contribution is -2.67. The first-order valence-electron chi connectivity index (χ1n) is 11.2. The molecule has 0 bridgehead atoms. The van der Waals surface area contributed by atoms with Crippen LogP contribution in [0.2, 0.25) is 0 Å². The molecule has 1 fully saturated rings. The number of benzene rings is 2. The summed E-state index contributed by atoms with van der Waals surface area (Å²) in [4.78, 5) is 12.7. The van der Waals surface area contributed by atoms with Crippen molar-refractivity contribution in [2.24, 2.45) is 0 Å². The molecule has 2 aromatic rings. The molecule has 0 spiro atoms. The highest BCUT2D eigenvalue weighted by atomic mass is 32.2. The zero-order valence-electron chi connectivity index (χ0n) is 19.5. The molecule has 0 aliphatic carbocycles. The zero-order valence-corrected chi connectivity index (χ0v) is 20.3. The number of aliphatic hydroxyl groups is 1. The maximum absolute atomic E-state index is 12.2. The lowest BCUT2D eigenvalue weighted by Gasteiger charge is -2.52. The van der Waals surface area contributed by atoms with Gasteiger partial charge in [0.2, 0.25) is 0 Å². The summed E-state index contributed by atoms with van der Waals surface area (Å²) >= 11 is 1.24. The second-order valence-corrected chi connectivity index (χ2v) is 9.50. The molecule has 2 aliphatic rings. The number of aliphatic hydroxyl groups excluding tert-OH is 1. The van der Waals surface area contributed by atoms with Crippen LogP contribution in [0.1, 0.15) is 25.0 Å². The van der Waals surface area contributed by atoms with Crippen molar-refractivity contribution in [3.8, 4) is 0 Å². The smallest absolute Gasteiger partial charge is 0.250 e. The number of ether oxygens (including phenoxy) is 5. The van der Waals surface area contributed by atoms with Crippen LogP contribution < -0.4 is 0 Å². The number of hydrogen-bond donors (Lipinski definition) is 1. The molecule has 34 heavy (non-hydrogen) atoms. The summed E-state index contributed by atoms with van der Waals surface area (Å²) in [5.41, 5.74) is 1.96. The summed E-state index contributed by atoms with van der Waals surface area (Å²) in [5, 5.41) is 10.8. The van der Waals surface area contributed by atoms with Crippen molar-refractivity contribution in [2.45, 2.75) is 56.6 Å². The quantitative estimate of drug-likeness (QED) is 0.573. The Balaban J connectivity index is 1.57. The summed E-state index contributed by atoms with van der Waals surface area (Å²) in [6.07, 6.45) is -2.74. The van der Waals surface area contributed by atoms with Gasteiger partial charge in [-0.15, -0.1) is 11.8 Å². The van der Waals surface area contributed by atoms with Crippen LogP contribution in [0.15, 0.2) is 71.3 Å². The Bertz CT molecular complexity index is 997. The van der Waals surface area contributed by atoms with Crippen LogP contribution in [-0.4, -0.2) is 54.1 Å². The number of ketones is 1. The summed E-state index contributed by atoms with van der Waals surface area (Å²) < 4.78 is 30.1. The van der Waals surface area contributed by atoms with Crippen LogP contribution in [0.25, 0.3) is 0 Å². The molecule has 182 valence electrons. The molecular weight excluding hydrogens is 456 g/mol. The van der Waals surface area contributed by atoms with E-state index in [9.17, 15) is 9.90 Å². The Labute approximate surface area is 204 Å². The van der Waals surface area contributed by atoms with Gasteiger partial charge in [0.15, 0.2) is 12.1 Å². The van der Waals surface area contributed by atoms with Crippen LogP contribution in [0.3, 0.4) is 0 Å². The van der Waals surface area contributed by atoms with E-state index in [4.69, 9.17) is 23.7 Å². The number of carbonyl (C=O) groups excluding carboxylic acids is 1. The van der Waals surface area contributed by atoms with Crippen molar-refractivity contribution in [1.29, 1.82) is 0 Å². The summed E-state index contributed by atoms with van der Waals surface area (Å²) in [5.74, 6) is -1.05. The van der Waals surface area contributed by atoms with Gasteiger partial charge in [-0.1, -0.05) is 60.7 Å². The molecule has 0 saturated carbocycles. The Morgan fingerprint density at radius 3 is 2.26 bits per heavy atom. The molecule has 2 heterocycles. The Morgan fingerprint density at radius 2 is 1.68 bits per heavy atom. The summed E-state index contributed by atoms with van der Waals surface area (Å²) in [6.45, 7) is 3.84. The lowest BCUT2D eigenvalue weighted by molar-refractivity contribution is -0.370. The van der Waals surface area contributed by atoms with Gasteiger partial charge in [-0.05, 0) is 25.0 Å². The zero-order chi connectivity index (χ0) is 24.1. The minimum atomic E-state index is -1.35. The van der Waals surface area contributed by atoms with E-state index in [1.807, 2.05) is 60.7 Å². The standard InChI is InChI=1S/C26H30O7S/c1-17(27)23-18(2)32-26(16-30-14-19-10-6-4-7-11-19)24(34-23)21(28)22(25(29-3)33-26)31-15-20-12-8-5-9-13-20/h4-13,21-22,24-25,28H,14-16H2,1-3H3/t21-,22-,24+,25-,26-/m1/s1. The number of allylic oxidation sites excluding steroid dienone is 2. The lowest BCUT2D eigenvalue weighted by atomic mass is 9.98. The second kappa shape index (κ2) is 11.0. The van der Waals surface area contributed by atoms with E-state index in [-0.39, 0.29) is 19.0 Å². The fourth-order valence-corrected chi connectivity index (χ4v) is 5.44. The van der Waals surface area contributed by atoms with Crippen LogP contribution in [0.4, 0.5) is 0 Å². The van der Waals surface area contributed by atoms with Gasteiger partial charge in [0.1, 0.15) is 29.8 Å². The molecule has 2 aliphatic heterocycles. The van der Waals surface area contributed by atoms with Crippen molar-refractivity contribution in [2.75, 3.05) is 13.7 Å². The molecule has 4 rings (SSSR count). The molecule has 1 N–H and O–H groups in total. The number of Topliss-reactive ketones (excluding diaryl/α,β-unsaturated/α-hetero) is 1. The van der Waals surface area contributed by atoms with Gasteiger partial charge in [0.05, 0.1) is 18.1 Å². The van der Waals surface area contributed by atoms with Gasteiger partial charge in [0.25, 0.3) is 5.79 Å². The minimum absolute atomic E-state index is 0.0322. The van der Waals surface area contributed by atoms with Crippen molar-refractivity contribution < 1.29 is 33.6 Å². The van der Waals surface area contributed by atoms with Crippen molar-refractivity contribution in [3.63, 3.8) is 0 Å². The van der Waals surface area contributed by atoms with E-state index >= 15 is 0 Å². The normalized spacial score (nSPS) is 28.8. The van der Waals surface area contributed by atoms with E-state index < -0.39 is 29.5 Å². The first kappa shape index (κ1) is 24.9. The van der Waals surface area contributed by atoms with Crippen LogP contribution >= 0.6 is 11.8 Å². The first-order chi connectivity index (χ1) is 16.4. The van der Waals surface area contributed by atoms with E-state index in [1.165, 1.54) is 25.8 Å². The number of methoxy groups -OCH3 is 1. The van der Waals surface area contributed by atoms with E-state index in [0.29, 0.717) is 17.3 Å². The van der Waals surface area contributed by atoms with E-state index in [0.717, 1.165) is 11.1 Å². The molecular formula is C26H30O7S. The SMILES string of the molecule is CO[C@@H]1O[C@@]2(COCc3ccccc3)OC(C)=C(C(C)=O)S[C@H]2[C@H](O)[C@H]1OCc1ccccc1. The molecule has 0 radical (unpaired) electrons. The molecule has 5 atom stereocenters. The predicted molar refractivity (Wildman–Crippen MR) is 128 cm³/mol. The van der Waals surface area contributed by atoms with Gasteiger partial charge in [-0.25, -0.2) is 0 Å². The summed E-state index contributed by atoms with van der Waals surface area (Å²) in [7, 11) is 1.49. The third-order valence-corrected chi connectivity index (χ3v) is 7.51. The predicted octanol–water partition coefficient (Wildman–Crippen LogP) is 3.80. The monoisotopic (exact) mass is 486 g/mol. The average molecular weight is 487 g/mol. The van der Waals surface area contributed by atoms with E-state index in [1.54, 1.807) is 6.92 Å². The Hall–Kier alpha value is -2.20. The molecule has 0 unspecified atom stereocenters. The molecule has 0 amide bonds. The first-order valence-corrected chi connectivity index (χ1v) is 12.0. The van der Waals surface area contributed by atoms with Gasteiger partial charge < -0.3 is 28.8 Å². The molecule has 2 aromatic carbocycles. The Kier molecular flexibility index (Phi) is 8.08. The number of fused-ring (bicyclic) bond motifs is 1. The fraction of sp³-hybridized carbons (Fsp3) is 0.423. The third kappa shape index (κ3) is 5.38. The highest BCUT2D eigenvalue weighted by molar-refractivity contribution is 8.04. The van der Waals surface area contributed by atoms with Crippen molar-refractivity contribution in [1.82, 2.24) is 0 Å². The highest BCUT2D eigenvalue weighted by Crippen LogP contribution is 2.48.